The maximum absolute atomic E-state index is 12.3. The van der Waals surface area contributed by atoms with E-state index in [0.717, 1.165) is 37.4 Å². The number of amides is 1. The Kier molecular flexibility index (Phi) is 5.10. The van der Waals surface area contributed by atoms with Crippen LogP contribution in [0.2, 0.25) is 0 Å². The van der Waals surface area contributed by atoms with Crippen LogP contribution < -0.4 is 15.5 Å². The molecule has 0 radical (unpaired) electrons. The van der Waals surface area contributed by atoms with E-state index in [1.54, 1.807) is 6.07 Å². The largest absolute Gasteiger partial charge is 0.363 e. The lowest BCUT2D eigenvalue weighted by Crippen LogP contribution is -2.32. The minimum absolute atomic E-state index is 0.172. The SMILES string of the molecule is CN(C)c1cccc(CNC(=O)c2ccn(C3CCCNC3)n2)n1. The minimum atomic E-state index is -0.172. The molecule has 1 aliphatic rings. The molecule has 0 saturated carbocycles. The van der Waals surface area contributed by atoms with Gasteiger partial charge in [-0.15, -0.1) is 0 Å². The van der Waals surface area contributed by atoms with Crippen LogP contribution in [-0.2, 0) is 6.54 Å². The predicted octanol–water partition coefficient (Wildman–Crippen LogP) is 1.20. The molecule has 2 aromatic heterocycles. The van der Waals surface area contributed by atoms with Gasteiger partial charge in [0.15, 0.2) is 0 Å². The highest BCUT2D eigenvalue weighted by Crippen LogP contribution is 2.15. The van der Waals surface area contributed by atoms with Crippen molar-refractivity contribution in [1.82, 2.24) is 25.4 Å². The van der Waals surface area contributed by atoms with Gasteiger partial charge in [0.1, 0.15) is 11.5 Å². The maximum Gasteiger partial charge on any atom is 0.272 e. The van der Waals surface area contributed by atoms with Crippen LogP contribution in [-0.4, -0.2) is 47.9 Å². The number of aromatic nitrogens is 3. The van der Waals surface area contributed by atoms with E-state index in [1.807, 2.05) is 48.1 Å². The van der Waals surface area contributed by atoms with Crippen LogP contribution in [0.4, 0.5) is 5.82 Å². The molecule has 3 rings (SSSR count). The van der Waals surface area contributed by atoms with E-state index in [2.05, 4.69) is 20.7 Å². The molecule has 1 saturated heterocycles. The van der Waals surface area contributed by atoms with E-state index in [9.17, 15) is 4.79 Å². The molecule has 2 N–H and O–H groups in total. The van der Waals surface area contributed by atoms with Gasteiger partial charge in [-0.1, -0.05) is 6.07 Å². The van der Waals surface area contributed by atoms with Crippen LogP contribution in [0.3, 0.4) is 0 Å². The zero-order valence-electron chi connectivity index (χ0n) is 14.2. The van der Waals surface area contributed by atoms with Crippen molar-refractivity contribution in [3.05, 3.63) is 41.9 Å². The molecule has 0 spiro atoms. The average molecular weight is 328 g/mol. The normalized spacial score (nSPS) is 17.5. The molecule has 2 aromatic rings. The van der Waals surface area contributed by atoms with Gasteiger partial charge >= 0.3 is 0 Å². The van der Waals surface area contributed by atoms with Crippen molar-refractivity contribution < 1.29 is 4.79 Å². The molecule has 0 bridgehead atoms. The number of carbonyl (C=O) groups excluding carboxylic acids is 1. The fourth-order valence-electron chi connectivity index (χ4n) is 2.80. The first-order valence-electron chi connectivity index (χ1n) is 8.31. The summed E-state index contributed by atoms with van der Waals surface area (Å²) in [6, 6.07) is 7.88. The number of anilines is 1. The third kappa shape index (κ3) is 3.91. The van der Waals surface area contributed by atoms with Crippen LogP contribution in [0.15, 0.2) is 30.5 Å². The van der Waals surface area contributed by atoms with Crippen molar-refractivity contribution in [3.63, 3.8) is 0 Å². The predicted molar refractivity (Wildman–Crippen MR) is 93.1 cm³/mol. The summed E-state index contributed by atoms with van der Waals surface area (Å²) in [5.74, 6) is 0.699. The molecule has 1 atom stereocenters. The summed E-state index contributed by atoms with van der Waals surface area (Å²) in [5, 5.41) is 10.7. The Morgan fingerprint density at radius 1 is 1.42 bits per heavy atom. The third-order valence-corrected chi connectivity index (χ3v) is 4.17. The molecule has 128 valence electrons. The molecular weight excluding hydrogens is 304 g/mol. The van der Waals surface area contributed by atoms with E-state index >= 15 is 0 Å². The molecule has 0 aliphatic carbocycles. The molecule has 1 aliphatic heterocycles. The van der Waals surface area contributed by atoms with Crippen molar-refractivity contribution in [2.75, 3.05) is 32.1 Å². The fraction of sp³-hybridized carbons (Fsp3) is 0.471. The van der Waals surface area contributed by atoms with Crippen LogP contribution in [0, 0.1) is 0 Å². The van der Waals surface area contributed by atoms with Gasteiger partial charge in [0.2, 0.25) is 0 Å². The third-order valence-electron chi connectivity index (χ3n) is 4.17. The number of pyridine rings is 1. The van der Waals surface area contributed by atoms with Crippen molar-refractivity contribution in [1.29, 1.82) is 0 Å². The second-order valence-electron chi connectivity index (χ2n) is 6.25. The van der Waals surface area contributed by atoms with Gasteiger partial charge in [0.25, 0.3) is 5.91 Å². The summed E-state index contributed by atoms with van der Waals surface area (Å²) >= 11 is 0. The van der Waals surface area contributed by atoms with Gasteiger partial charge in [0.05, 0.1) is 18.3 Å². The molecule has 3 heterocycles. The first-order chi connectivity index (χ1) is 11.6. The lowest BCUT2D eigenvalue weighted by atomic mass is 10.1. The zero-order chi connectivity index (χ0) is 16.9. The summed E-state index contributed by atoms with van der Waals surface area (Å²) in [4.78, 5) is 18.7. The molecule has 1 amide bonds. The first kappa shape index (κ1) is 16.4. The van der Waals surface area contributed by atoms with E-state index in [-0.39, 0.29) is 5.91 Å². The second-order valence-corrected chi connectivity index (χ2v) is 6.25. The topological polar surface area (TPSA) is 75.1 Å². The van der Waals surface area contributed by atoms with Crippen LogP contribution in [0.25, 0.3) is 0 Å². The Labute approximate surface area is 142 Å². The summed E-state index contributed by atoms with van der Waals surface area (Å²) in [6.45, 7) is 2.35. The van der Waals surface area contributed by atoms with Crippen molar-refractivity contribution in [2.45, 2.75) is 25.4 Å². The Morgan fingerprint density at radius 3 is 3.04 bits per heavy atom. The average Bonchev–Trinajstić information content (AvgIpc) is 3.11. The molecule has 1 fully saturated rings. The summed E-state index contributed by atoms with van der Waals surface area (Å²) in [5.41, 5.74) is 1.27. The smallest absolute Gasteiger partial charge is 0.272 e. The molecule has 24 heavy (non-hydrogen) atoms. The molecule has 1 unspecified atom stereocenters. The lowest BCUT2D eigenvalue weighted by molar-refractivity contribution is 0.0944. The van der Waals surface area contributed by atoms with Gasteiger partial charge in [0, 0.05) is 26.8 Å². The quantitative estimate of drug-likeness (QED) is 0.863. The number of nitrogens with zero attached hydrogens (tertiary/aromatic N) is 4. The van der Waals surface area contributed by atoms with Gasteiger partial charge in [-0.25, -0.2) is 4.98 Å². The summed E-state index contributed by atoms with van der Waals surface area (Å²) < 4.78 is 1.89. The monoisotopic (exact) mass is 328 g/mol. The maximum atomic E-state index is 12.3. The Bertz CT molecular complexity index is 690. The number of hydrogen-bond donors (Lipinski definition) is 2. The van der Waals surface area contributed by atoms with Gasteiger partial charge in [-0.2, -0.15) is 5.10 Å². The van der Waals surface area contributed by atoms with Crippen LogP contribution in [0.5, 0.6) is 0 Å². The van der Waals surface area contributed by atoms with Crippen molar-refractivity contribution in [2.24, 2.45) is 0 Å². The summed E-state index contributed by atoms with van der Waals surface area (Å²) in [6.07, 6.45) is 4.12. The highest BCUT2D eigenvalue weighted by molar-refractivity contribution is 5.92. The molecule has 0 aromatic carbocycles. The van der Waals surface area contributed by atoms with Crippen molar-refractivity contribution in [3.8, 4) is 0 Å². The second kappa shape index (κ2) is 7.44. The fourth-order valence-corrected chi connectivity index (χ4v) is 2.80. The van der Waals surface area contributed by atoms with Crippen molar-refractivity contribution >= 4 is 11.7 Å². The van der Waals surface area contributed by atoms with E-state index < -0.39 is 0 Å². The summed E-state index contributed by atoms with van der Waals surface area (Å²) in [7, 11) is 3.88. The Balaban J connectivity index is 1.59. The minimum Gasteiger partial charge on any atom is -0.363 e. The Morgan fingerprint density at radius 2 is 2.29 bits per heavy atom. The van der Waals surface area contributed by atoms with Gasteiger partial charge in [-0.3, -0.25) is 9.48 Å². The number of hydrogen-bond acceptors (Lipinski definition) is 5. The van der Waals surface area contributed by atoms with E-state index in [0.29, 0.717) is 18.3 Å². The van der Waals surface area contributed by atoms with E-state index in [4.69, 9.17) is 0 Å². The number of nitrogens with one attached hydrogen (secondary N) is 2. The lowest BCUT2D eigenvalue weighted by Gasteiger charge is -2.22. The Hall–Kier alpha value is -2.41. The molecular formula is C17H24N6O. The van der Waals surface area contributed by atoms with Gasteiger partial charge in [-0.05, 0) is 37.6 Å². The number of rotatable bonds is 5. The zero-order valence-corrected chi connectivity index (χ0v) is 14.2. The highest BCUT2D eigenvalue weighted by Gasteiger charge is 2.17. The standard InChI is InChI=1S/C17H24N6O/c1-22(2)16-7-3-5-13(20-16)11-19-17(24)15-8-10-23(21-15)14-6-4-9-18-12-14/h3,5,7-8,10,14,18H,4,6,9,11-12H2,1-2H3,(H,19,24). The number of piperidine rings is 1. The van der Waals surface area contributed by atoms with Gasteiger partial charge < -0.3 is 15.5 Å². The molecule has 7 nitrogen and oxygen atoms in total. The van der Waals surface area contributed by atoms with E-state index in [1.165, 1.54) is 0 Å². The number of carbonyl (C=O) groups is 1. The van der Waals surface area contributed by atoms with Crippen LogP contribution >= 0.6 is 0 Å². The first-order valence-corrected chi connectivity index (χ1v) is 8.31. The highest BCUT2D eigenvalue weighted by atomic mass is 16.1. The molecule has 7 heteroatoms. The van der Waals surface area contributed by atoms with Crippen LogP contribution in [0.1, 0.15) is 35.1 Å².